The van der Waals surface area contributed by atoms with Gasteiger partial charge in [0, 0.05) is 19.6 Å². The average Bonchev–Trinajstić information content (AvgIpc) is 2.43. The van der Waals surface area contributed by atoms with Gasteiger partial charge in [0.15, 0.2) is 0 Å². The third-order valence-electron chi connectivity index (χ3n) is 2.19. The van der Waals surface area contributed by atoms with Gasteiger partial charge in [0.2, 0.25) is 0 Å². The van der Waals surface area contributed by atoms with Gasteiger partial charge in [-0.05, 0) is 6.92 Å². The van der Waals surface area contributed by atoms with E-state index < -0.39 is 0 Å². The first-order valence-electron chi connectivity index (χ1n) is 3.71. The summed E-state index contributed by atoms with van der Waals surface area (Å²) in [6.45, 7) is 2.74. The molecule has 1 aliphatic heterocycles. The van der Waals surface area contributed by atoms with Crippen LogP contribution in [0, 0.1) is 0 Å². The minimum absolute atomic E-state index is 0.0943. The number of nitrogens with one attached hydrogen (secondary N) is 2. The van der Waals surface area contributed by atoms with Crippen molar-refractivity contribution >= 4 is 0 Å². The van der Waals surface area contributed by atoms with Crippen molar-refractivity contribution < 1.29 is 0 Å². The monoisotopic (exact) mass is 153 g/mol. The van der Waals surface area contributed by atoms with Crippen molar-refractivity contribution in [2.45, 2.75) is 19.5 Å². The summed E-state index contributed by atoms with van der Waals surface area (Å²) in [6, 6.07) is 0.291. The summed E-state index contributed by atoms with van der Waals surface area (Å²) in [5.74, 6) is 0. The van der Waals surface area contributed by atoms with Gasteiger partial charge in [-0.2, -0.15) is 0 Å². The second kappa shape index (κ2) is 1.98. The molecule has 1 aromatic rings. The van der Waals surface area contributed by atoms with Crippen LogP contribution in [0.3, 0.4) is 0 Å². The highest BCUT2D eigenvalue weighted by molar-refractivity contribution is 5.24. The molecule has 0 amide bonds. The lowest BCUT2D eigenvalue weighted by molar-refractivity contribution is 0.588. The molecule has 0 aliphatic carbocycles. The van der Waals surface area contributed by atoms with Gasteiger partial charge in [0.1, 0.15) is 0 Å². The Kier molecular flexibility index (Phi) is 1.20. The van der Waals surface area contributed by atoms with E-state index in [4.69, 9.17) is 0 Å². The van der Waals surface area contributed by atoms with Crippen molar-refractivity contribution in [3.8, 4) is 0 Å². The summed E-state index contributed by atoms with van der Waals surface area (Å²) in [7, 11) is 1.74. The predicted octanol–water partition coefficient (Wildman–Crippen LogP) is -0.122. The Hall–Kier alpha value is -1.03. The Balaban J connectivity index is 2.66. The van der Waals surface area contributed by atoms with Crippen LogP contribution in [0.2, 0.25) is 0 Å². The number of hydrogen-bond donors (Lipinski definition) is 2. The van der Waals surface area contributed by atoms with Crippen LogP contribution in [0.4, 0.5) is 0 Å². The van der Waals surface area contributed by atoms with Gasteiger partial charge in [-0.15, -0.1) is 0 Å². The maximum atomic E-state index is 11.3. The first-order valence-corrected chi connectivity index (χ1v) is 3.71. The van der Waals surface area contributed by atoms with Crippen LogP contribution < -0.4 is 10.9 Å². The molecular formula is C7H11N3O. The first-order chi connectivity index (χ1) is 5.20. The van der Waals surface area contributed by atoms with E-state index in [1.807, 2.05) is 6.92 Å². The third kappa shape index (κ3) is 0.758. The van der Waals surface area contributed by atoms with Crippen LogP contribution in [0.5, 0.6) is 0 Å². The van der Waals surface area contributed by atoms with Crippen LogP contribution in [-0.2, 0) is 13.6 Å². The minimum Gasteiger partial charge on any atom is -0.304 e. The molecule has 1 aliphatic rings. The number of hydrogen-bond acceptors (Lipinski definition) is 2. The van der Waals surface area contributed by atoms with E-state index in [-0.39, 0.29) is 5.56 Å². The van der Waals surface area contributed by atoms with E-state index in [9.17, 15) is 4.79 Å². The highest BCUT2D eigenvalue weighted by Gasteiger charge is 2.23. The summed E-state index contributed by atoms with van der Waals surface area (Å²) in [5.41, 5.74) is 2.02. The molecule has 60 valence electrons. The lowest BCUT2D eigenvalue weighted by Gasteiger charge is -2.01. The van der Waals surface area contributed by atoms with E-state index in [0.717, 1.165) is 11.3 Å². The van der Waals surface area contributed by atoms with E-state index in [1.54, 1.807) is 7.05 Å². The number of H-pyrrole nitrogens is 1. The van der Waals surface area contributed by atoms with Gasteiger partial charge in [0.25, 0.3) is 5.56 Å². The smallest absolute Gasteiger partial charge is 0.271 e. The first kappa shape index (κ1) is 6.67. The second-order valence-electron chi connectivity index (χ2n) is 2.97. The molecule has 2 rings (SSSR count). The number of aromatic amines is 1. The normalized spacial score (nSPS) is 22.2. The van der Waals surface area contributed by atoms with Gasteiger partial charge in [0.05, 0.1) is 11.3 Å². The van der Waals surface area contributed by atoms with Crippen LogP contribution in [0.1, 0.15) is 24.2 Å². The summed E-state index contributed by atoms with van der Waals surface area (Å²) in [4.78, 5) is 11.3. The average molecular weight is 153 g/mol. The number of fused-ring (bicyclic) bond motifs is 1. The Labute approximate surface area is 64.2 Å². The molecule has 0 aromatic carbocycles. The molecule has 0 fully saturated rings. The molecule has 2 heterocycles. The molecule has 0 radical (unpaired) electrons. The van der Waals surface area contributed by atoms with Crippen molar-refractivity contribution in [1.29, 1.82) is 0 Å². The van der Waals surface area contributed by atoms with Gasteiger partial charge >= 0.3 is 0 Å². The molecule has 0 spiro atoms. The Morgan fingerprint density at radius 3 is 3.00 bits per heavy atom. The van der Waals surface area contributed by atoms with E-state index >= 15 is 0 Å². The van der Waals surface area contributed by atoms with Crippen molar-refractivity contribution in [2.24, 2.45) is 7.05 Å². The van der Waals surface area contributed by atoms with Crippen LogP contribution in [0.15, 0.2) is 4.79 Å². The molecule has 4 heteroatoms. The van der Waals surface area contributed by atoms with E-state index in [0.29, 0.717) is 12.6 Å². The van der Waals surface area contributed by atoms with Crippen LogP contribution in [0.25, 0.3) is 0 Å². The van der Waals surface area contributed by atoms with E-state index in [1.165, 1.54) is 4.68 Å². The van der Waals surface area contributed by atoms with Gasteiger partial charge in [-0.25, -0.2) is 0 Å². The molecule has 0 saturated carbocycles. The fourth-order valence-corrected chi connectivity index (χ4v) is 1.50. The lowest BCUT2D eigenvalue weighted by atomic mass is 10.2. The SMILES string of the molecule is CC1NCc2c1[nH]n(C)c2=O. The number of aryl methyl sites for hydroxylation is 1. The second-order valence-corrected chi connectivity index (χ2v) is 2.97. The quantitative estimate of drug-likeness (QED) is 0.546. The van der Waals surface area contributed by atoms with Gasteiger partial charge < -0.3 is 5.32 Å². The molecule has 2 N–H and O–H groups in total. The summed E-state index contributed by atoms with van der Waals surface area (Å²) in [5, 5.41) is 6.20. The van der Waals surface area contributed by atoms with E-state index in [2.05, 4.69) is 10.4 Å². The van der Waals surface area contributed by atoms with Crippen molar-refractivity contribution in [1.82, 2.24) is 15.1 Å². The molecule has 0 bridgehead atoms. The molecule has 11 heavy (non-hydrogen) atoms. The zero-order chi connectivity index (χ0) is 8.01. The molecule has 1 unspecified atom stereocenters. The lowest BCUT2D eigenvalue weighted by Crippen LogP contribution is -2.19. The minimum atomic E-state index is 0.0943. The van der Waals surface area contributed by atoms with Crippen molar-refractivity contribution in [2.75, 3.05) is 0 Å². The van der Waals surface area contributed by atoms with Crippen LogP contribution >= 0.6 is 0 Å². The molecule has 4 nitrogen and oxygen atoms in total. The van der Waals surface area contributed by atoms with Crippen molar-refractivity contribution in [3.63, 3.8) is 0 Å². The van der Waals surface area contributed by atoms with Gasteiger partial charge in [-0.3, -0.25) is 14.6 Å². The molecular weight excluding hydrogens is 142 g/mol. The zero-order valence-corrected chi connectivity index (χ0v) is 6.64. The highest BCUT2D eigenvalue weighted by atomic mass is 16.1. The Morgan fingerprint density at radius 1 is 1.64 bits per heavy atom. The fourth-order valence-electron chi connectivity index (χ4n) is 1.50. The highest BCUT2D eigenvalue weighted by Crippen LogP contribution is 2.18. The number of rotatable bonds is 0. The molecule has 1 atom stereocenters. The summed E-state index contributed by atoms with van der Waals surface area (Å²) in [6.07, 6.45) is 0. The summed E-state index contributed by atoms with van der Waals surface area (Å²) >= 11 is 0. The van der Waals surface area contributed by atoms with Crippen LogP contribution in [-0.4, -0.2) is 9.78 Å². The Morgan fingerprint density at radius 2 is 2.36 bits per heavy atom. The maximum absolute atomic E-state index is 11.3. The third-order valence-corrected chi connectivity index (χ3v) is 2.19. The topological polar surface area (TPSA) is 49.8 Å². The fraction of sp³-hybridized carbons (Fsp3) is 0.571. The summed E-state index contributed by atoms with van der Waals surface area (Å²) < 4.78 is 1.53. The predicted molar refractivity (Wildman–Crippen MR) is 41.3 cm³/mol. The molecule has 0 saturated heterocycles. The molecule has 1 aromatic heterocycles. The number of nitrogens with zero attached hydrogens (tertiary/aromatic N) is 1. The number of aromatic nitrogens is 2. The maximum Gasteiger partial charge on any atom is 0.271 e. The van der Waals surface area contributed by atoms with Gasteiger partial charge in [-0.1, -0.05) is 0 Å². The Bertz CT molecular complexity index is 336. The standard InChI is InChI=1S/C7H11N3O/c1-4-6-5(3-8-4)7(11)10(2)9-6/h4,8-9H,3H2,1-2H3. The largest absolute Gasteiger partial charge is 0.304 e. The zero-order valence-electron chi connectivity index (χ0n) is 6.64. The van der Waals surface area contributed by atoms with Crippen molar-refractivity contribution in [3.05, 3.63) is 21.6 Å².